The van der Waals surface area contributed by atoms with Gasteiger partial charge in [0.25, 0.3) is 0 Å². The number of aliphatic imine (C=N–C) groups is 1. The summed E-state index contributed by atoms with van der Waals surface area (Å²) < 4.78 is 5.72. The van der Waals surface area contributed by atoms with Gasteiger partial charge in [-0.15, -0.1) is 0 Å². The number of nitrogens with one attached hydrogen (secondary N) is 1. The summed E-state index contributed by atoms with van der Waals surface area (Å²) in [5, 5.41) is 3.39. The quantitative estimate of drug-likeness (QED) is 0.780. The zero-order valence-corrected chi connectivity index (χ0v) is 10.8. The van der Waals surface area contributed by atoms with E-state index in [1.165, 1.54) is 12.8 Å². The van der Waals surface area contributed by atoms with Gasteiger partial charge in [0.2, 0.25) is 0 Å². The molecule has 0 radical (unpaired) electrons. The van der Waals surface area contributed by atoms with Crippen LogP contribution >= 0.6 is 0 Å². The van der Waals surface area contributed by atoms with E-state index in [9.17, 15) is 0 Å². The van der Waals surface area contributed by atoms with Crippen molar-refractivity contribution in [2.75, 3.05) is 19.7 Å². The van der Waals surface area contributed by atoms with Gasteiger partial charge in [0.1, 0.15) is 6.61 Å². The van der Waals surface area contributed by atoms with Gasteiger partial charge in [-0.1, -0.05) is 20.8 Å². The van der Waals surface area contributed by atoms with Gasteiger partial charge in [0, 0.05) is 6.42 Å². The summed E-state index contributed by atoms with van der Waals surface area (Å²) in [7, 11) is 0. The minimum Gasteiger partial charge on any atom is -0.479 e. The van der Waals surface area contributed by atoms with Crippen LogP contribution in [0.4, 0.5) is 0 Å². The maximum atomic E-state index is 5.72. The summed E-state index contributed by atoms with van der Waals surface area (Å²) in [6.07, 6.45) is 3.58. The van der Waals surface area contributed by atoms with Gasteiger partial charge >= 0.3 is 0 Å². The lowest BCUT2D eigenvalue weighted by Crippen LogP contribution is -2.28. The zero-order valence-electron chi connectivity index (χ0n) is 10.8. The molecule has 92 valence electrons. The molecule has 1 atom stereocenters. The maximum Gasteiger partial charge on any atom is 0.183 e. The molecule has 2 aliphatic heterocycles. The first-order valence-electron chi connectivity index (χ1n) is 6.46. The van der Waals surface area contributed by atoms with Gasteiger partial charge in [-0.2, -0.15) is 0 Å². The second-order valence-electron chi connectivity index (χ2n) is 6.11. The lowest BCUT2D eigenvalue weighted by molar-refractivity contribution is 0.229. The Kier molecular flexibility index (Phi) is 3.53. The standard InChI is InChI=1S/C13H24N2O/c1-13(2,3)11-9-16-12(15-11)8-10-4-6-14-7-5-10/h10-11,14H,4-9H2,1-3H3. The van der Waals surface area contributed by atoms with Crippen LogP contribution in [-0.2, 0) is 4.74 Å². The fourth-order valence-electron chi connectivity index (χ4n) is 2.31. The minimum absolute atomic E-state index is 0.232. The maximum absolute atomic E-state index is 5.72. The topological polar surface area (TPSA) is 33.6 Å². The molecule has 16 heavy (non-hydrogen) atoms. The third-order valence-corrected chi connectivity index (χ3v) is 3.63. The van der Waals surface area contributed by atoms with E-state index in [1.807, 2.05) is 0 Å². The van der Waals surface area contributed by atoms with Crippen molar-refractivity contribution in [3.8, 4) is 0 Å². The van der Waals surface area contributed by atoms with E-state index in [0.29, 0.717) is 6.04 Å². The van der Waals surface area contributed by atoms with E-state index in [1.54, 1.807) is 0 Å². The molecule has 0 amide bonds. The average Bonchev–Trinajstić information content (AvgIpc) is 2.67. The molecule has 1 N–H and O–H groups in total. The van der Waals surface area contributed by atoms with Gasteiger partial charge in [-0.05, 0) is 37.3 Å². The molecular formula is C13H24N2O. The summed E-state index contributed by atoms with van der Waals surface area (Å²) in [5.41, 5.74) is 0.232. The second-order valence-corrected chi connectivity index (χ2v) is 6.11. The van der Waals surface area contributed by atoms with Crippen molar-refractivity contribution in [3.63, 3.8) is 0 Å². The van der Waals surface area contributed by atoms with Crippen LogP contribution in [0, 0.1) is 11.3 Å². The van der Waals surface area contributed by atoms with Crippen molar-refractivity contribution in [1.82, 2.24) is 5.32 Å². The van der Waals surface area contributed by atoms with E-state index >= 15 is 0 Å². The van der Waals surface area contributed by atoms with Gasteiger partial charge in [-0.3, -0.25) is 0 Å². The first-order chi connectivity index (χ1) is 7.55. The van der Waals surface area contributed by atoms with Gasteiger partial charge in [-0.25, -0.2) is 4.99 Å². The smallest absolute Gasteiger partial charge is 0.183 e. The summed E-state index contributed by atoms with van der Waals surface area (Å²) in [6, 6.07) is 0.351. The Morgan fingerprint density at radius 1 is 1.31 bits per heavy atom. The van der Waals surface area contributed by atoms with Crippen molar-refractivity contribution in [1.29, 1.82) is 0 Å². The summed E-state index contributed by atoms with van der Waals surface area (Å²) in [5.74, 6) is 1.78. The number of piperidine rings is 1. The first-order valence-corrected chi connectivity index (χ1v) is 6.46. The number of hydrogen-bond acceptors (Lipinski definition) is 3. The third-order valence-electron chi connectivity index (χ3n) is 3.63. The predicted octanol–water partition coefficient (Wildman–Crippen LogP) is 2.22. The molecule has 2 heterocycles. The van der Waals surface area contributed by atoms with Crippen molar-refractivity contribution < 1.29 is 4.74 Å². The highest BCUT2D eigenvalue weighted by molar-refractivity contribution is 5.78. The van der Waals surface area contributed by atoms with Gasteiger partial charge in [0.05, 0.1) is 6.04 Å². The van der Waals surface area contributed by atoms with Crippen LogP contribution < -0.4 is 5.32 Å². The summed E-state index contributed by atoms with van der Waals surface area (Å²) in [4.78, 5) is 4.73. The van der Waals surface area contributed by atoms with Crippen LogP contribution in [0.15, 0.2) is 4.99 Å². The van der Waals surface area contributed by atoms with E-state index in [4.69, 9.17) is 9.73 Å². The highest BCUT2D eigenvalue weighted by Crippen LogP contribution is 2.28. The van der Waals surface area contributed by atoms with E-state index in [-0.39, 0.29) is 5.41 Å². The molecule has 2 aliphatic rings. The van der Waals surface area contributed by atoms with Gasteiger partial charge in [0.15, 0.2) is 5.90 Å². The normalized spacial score (nSPS) is 27.7. The Morgan fingerprint density at radius 3 is 2.56 bits per heavy atom. The lowest BCUT2D eigenvalue weighted by Gasteiger charge is -2.22. The van der Waals surface area contributed by atoms with E-state index < -0.39 is 0 Å². The lowest BCUT2D eigenvalue weighted by atomic mass is 9.88. The number of nitrogens with zero attached hydrogens (tertiary/aromatic N) is 1. The van der Waals surface area contributed by atoms with Crippen molar-refractivity contribution in [2.45, 2.75) is 46.1 Å². The molecule has 0 aromatic heterocycles. The molecule has 3 nitrogen and oxygen atoms in total. The van der Waals surface area contributed by atoms with Crippen molar-refractivity contribution in [3.05, 3.63) is 0 Å². The largest absolute Gasteiger partial charge is 0.479 e. The van der Waals surface area contributed by atoms with Gasteiger partial charge < -0.3 is 10.1 Å². The SMILES string of the molecule is CC(C)(C)C1COC(CC2CCNCC2)=N1. The second kappa shape index (κ2) is 4.74. The predicted molar refractivity (Wildman–Crippen MR) is 66.8 cm³/mol. The molecule has 2 rings (SSSR count). The Labute approximate surface area is 98.7 Å². The van der Waals surface area contributed by atoms with Crippen LogP contribution in [0.1, 0.15) is 40.0 Å². The highest BCUT2D eigenvalue weighted by atomic mass is 16.5. The Hall–Kier alpha value is -0.570. The molecule has 0 saturated carbocycles. The molecule has 0 spiro atoms. The summed E-state index contributed by atoms with van der Waals surface area (Å²) >= 11 is 0. The Balaban J connectivity index is 1.86. The van der Waals surface area contributed by atoms with E-state index in [0.717, 1.165) is 37.9 Å². The molecular weight excluding hydrogens is 200 g/mol. The molecule has 1 fully saturated rings. The highest BCUT2D eigenvalue weighted by Gasteiger charge is 2.31. The number of ether oxygens (including phenoxy) is 1. The zero-order chi connectivity index (χ0) is 11.6. The molecule has 0 aromatic carbocycles. The first kappa shape index (κ1) is 11.9. The molecule has 1 unspecified atom stereocenters. The number of rotatable bonds is 2. The molecule has 0 aliphatic carbocycles. The monoisotopic (exact) mass is 224 g/mol. The number of hydrogen-bond donors (Lipinski definition) is 1. The van der Waals surface area contributed by atoms with Crippen molar-refractivity contribution in [2.24, 2.45) is 16.3 Å². The Bertz CT molecular complexity index is 262. The molecule has 3 heteroatoms. The average molecular weight is 224 g/mol. The van der Waals surface area contributed by atoms with Crippen LogP contribution in [0.2, 0.25) is 0 Å². The van der Waals surface area contributed by atoms with Crippen LogP contribution in [0.5, 0.6) is 0 Å². The molecule has 0 bridgehead atoms. The Morgan fingerprint density at radius 2 is 2.00 bits per heavy atom. The van der Waals surface area contributed by atoms with Crippen LogP contribution in [-0.4, -0.2) is 31.6 Å². The van der Waals surface area contributed by atoms with Crippen LogP contribution in [0.25, 0.3) is 0 Å². The fourth-order valence-corrected chi connectivity index (χ4v) is 2.31. The summed E-state index contributed by atoms with van der Waals surface area (Å²) in [6.45, 7) is 9.79. The van der Waals surface area contributed by atoms with Crippen molar-refractivity contribution >= 4 is 5.90 Å². The fraction of sp³-hybridized carbons (Fsp3) is 0.923. The van der Waals surface area contributed by atoms with Crippen LogP contribution in [0.3, 0.4) is 0 Å². The third kappa shape index (κ3) is 2.97. The minimum atomic E-state index is 0.232. The molecule has 0 aromatic rings. The van der Waals surface area contributed by atoms with E-state index in [2.05, 4.69) is 26.1 Å². The molecule has 1 saturated heterocycles.